The summed E-state index contributed by atoms with van der Waals surface area (Å²) >= 11 is 6.15. The van der Waals surface area contributed by atoms with Gasteiger partial charge in [-0.3, -0.25) is 29.4 Å². The molecule has 5 heterocycles. The zero-order chi connectivity index (χ0) is 35.9. The van der Waals surface area contributed by atoms with E-state index >= 15 is 0 Å². The fourth-order valence-electron chi connectivity index (χ4n) is 8.50. The highest BCUT2D eigenvalue weighted by Crippen LogP contribution is 2.35. The highest BCUT2D eigenvalue weighted by molar-refractivity contribution is 6.31. The number of nitriles is 1. The van der Waals surface area contributed by atoms with E-state index in [2.05, 4.69) is 42.8 Å². The van der Waals surface area contributed by atoms with Crippen LogP contribution in [-0.2, 0) is 22.7 Å². The van der Waals surface area contributed by atoms with Crippen molar-refractivity contribution in [1.29, 1.82) is 5.26 Å². The zero-order valence-electron chi connectivity index (χ0n) is 28.6. The molecule has 3 saturated heterocycles. The first-order valence-electron chi connectivity index (χ1n) is 18.0. The van der Waals surface area contributed by atoms with Crippen molar-refractivity contribution in [2.24, 2.45) is 0 Å². The monoisotopic (exact) mass is 722 g/mol. The topological polar surface area (TPSA) is 161 Å². The summed E-state index contributed by atoms with van der Waals surface area (Å²) < 4.78 is 6.08. The smallest absolute Gasteiger partial charge is 0.272 e. The molecule has 0 radical (unpaired) electrons. The third-order valence-corrected chi connectivity index (χ3v) is 11.4. The highest BCUT2D eigenvalue weighted by atomic mass is 35.5. The lowest BCUT2D eigenvalue weighted by molar-refractivity contribution is -0.136. The van der Waals surface area contributed by atoms with Gasteiger partial charge in [0.05, 0.1) is 16.7 Å². The summed E-state index contributed by atoms with van der Waals surface area (Å²) in [7, 11) is 0. The first-order chi connectivity index (χ1) is 25.2. The zero-order valence-corrected chi connectivity index (χ0v) is 29.3. The number of fused-ring (bicyclic) bond motifs is 3. The molecule has 2 aromatic carbocycles. The quantitative estimate of drug-likeness (QED) is 0.328. The summed E-state index contributed by atoms with van der Waals surface area (Å²) in [6.07, 6.45) is 5.85. The number of ether oxygens (including phenoxy) is 1. The van der Waals surface area contributed by atoms with Gasteiger partial charge in [-0.2, -0.15) is 5.26 Å². The van der Waals surface area contributed by atoms with Gasteiger partial charge in [-0.25, -0.2) is 0 Å². The number of benzene rings is 2. The second kappa shape index (κ2) is 14.2. The van der Waals surface area contributed by atoms with E-state index in [-0.39, 0.29) is 48.4 Å². The fraction of sp³-hybridized carbons (Fsp3) is 0.447. The maximum absolute atomic E-state index is 13.1. The predicted octanol–water partition coefficient (Wildman–Crippen LogP) is 3.74. The minimum atomic E-state index is -0.620. The molecule has 5 aliphatic rings. The lowest BCUT2D eigenvalue weighted by atomic mass is 9.93. The summed E-state index contributed by atoms with van der Waals surface area (Å²) in [5, 5.41) is 23.8. The van der Waals surface area contributed by atoms with Crippen LogP contribution in [0.25, 0.3) is 0 Å². The number of halogens is 1. The van der Waals surface area contributed by atoms with E-state index in [4.69, 9.17) is 21.6 Å². The second-order valence-corrected chi connectivity index (χ2v) is 14.9. The van der Waals surface area contributed by atoms with Crippen molar-refractivity contribution in [3.05, 3.63) is 81.5 Å². The van der Waals surface area contributed by atoms with Crippen LogP contribution in [0.15, 0.2) is 48.5 Å². The largest absolute Gasteiger partial charge is 0.490 e. The summed E-state index contributed by atoms with van der Waals surface area (Å²) in [5.41, 5.74) is 3.38. The van der Waals surface area contributed by atoms with Gasteiger partial charge >= 0.3 is 0 Å². The van der Waals surface area contributed by atoms with Crippen LogP contribution in [0.5, 0.6) is 5.75 Å². The van der Waals surface area contributed by atoms with Gasteiger partial charge in [0.25, 0.3) is 11.8 Å². The van der Waals surface area contributed by atoms with Crippen LogP contribution in [0.4, 0.5) is 5.82 Å². The summed E-state index contributed by atoms with van der Waals surface area (Å²) in [4.78, 5) is 56.6. The lowest BCUT2D eigenvalue weighted by Crippen LogP contribution is -2.53. The maximum atomic E-state index is 13.1. The average Bonchev–Trinajstić information content (AvgIpc) is 3.60. The number of amides is 4. The van der Waals surface area contributed by atoms with Gasteiger partial charge in [-0.15, -0.1) is 10.2 Å². The molecule has 1 saturated carbocycles. The van der Waals surface area contributed by atoms with Gasteiger partial charge < -0.3 is 19.9 Å². The van der Waals surface area contributed by atoms with Crippen LogP contribution >= 0.6 is 11.6 Å². The predicted molar refractivity (Wildman–Crippen MR) is 189 cm³/mol. The highest BCUT2D eigenvalue weighted by Gasteiger charge is 2.42. The lowest BCUT2D eigenvalue weighted by Gasteiger charge is -2.41. The normalized spacial score (nSPS) is 25.8. The molecule has 4 aliphatic heterocycles. The van der Waals surface area contributed by atoms with E-state index in [1.165, 1.54) is 0 Å². The molecule has 1 aliphatic carbocycles. The molecular weight excluding hydrogens is 684 g/mol. The number of imide groups is 1. The fourth-order valence-corrected chi connectivity index (χ4v) is 8.71. The van der Waals surface area contributed by atoms with Crippen LogP contribution in [0.1, 0.15) is 88.9 Å². The molecule has 1 aromatic heterocycles. The number of nitrogens with zero attached hydrogens (tertiary/aromatic N) is 6. The summed E-state index contributed by atoms with van der Waals surface area (Å²) in [6.45, 7) is 2.85. The average molecular weight is 723 g/mol. The molecule has 3 unspecified atom stereocenters. The Bertz CT molecular complexity index is 1950. The Kier molecular flexibility index (Phi) is 9.27. The van der Waals surface area contributed by atoms with Crippen molar-refractivity contribution in [1.82, 2.24) is 30.6 Å². The molecule has 52 heavy (non-hydrogen) atoms. The Hall–Kier alpha value is -5.06. The van der Waals surface area contributed by atoms with Crippen molar-refractivity contribution < 1.29 is 23.9 Å². The van der Waals surface area contributed by atoms with Gasteiger partial charge in [0.1, 0.15) is 17.9 Å². The van der Waals surface area contributed by atoms with Gasteiger partial charge in [0, 0.05) is 62.4 Å². The second-order valence-electron chi connectivity index (χ2n) is 14.5. The van der Waals surface area contributed by atoms with Crippen LogP contribution < -0.4 is 20.3 Å². The molecule has 4 amide bonds. The number of hydrogen-bond donors (Lipinski definition) is 2. The van der Waals surface area contributed by atoms with Crippen LogP contribution in [-0.4, -0.2) is 87.0 Å². The van der Waals surface area contributed by atoms with Gasteiger partial charge in [-0.1, -0.05) is 23.7 Å². The number of piperidine rings is 1. The number of carbonyl (C=O) groups is 4. The van der Waals surface area contributed by atoms with E-state index in [1.54, 1.807) is 29.2 Å². The molecule has 14 heteroatoms. The molecule has 3 aromatic rings. The number of piperazine rings is 1. The van der Waals surface area contributed by atoms with Crippen molar-refractivity contribution >= 4 is 41.0 Å². The van der Waals surface area contributed by atoms with Gasteiger partial charge in [0.2, 0.25) is 11.8 Å². The molecule has 268 valence electrons. The number of anilines is 1. The molecule has 3 atom stereocenters. The van der Waals surface area contributed by atoms with E-state index in [0.29, 0.717) is 40.6 Å². The van der Waals surface area contributed by atoms with Crippen molar-refractivity contribution in [3.63, 3.8) is 0 Å². The molecule has 2 N–H and O–H groups in total. The van der Waals surface area contributed by atoms with Crippen molar-refractivity contribution in [2.75, 3.05) is 18.0 Å². The molecule has 4 fully saturated rings. The maximum Gasteiger partial charge on any atom is 0.272 e. The Morgan fingerprint density at radius 1 is 0.962 bits per heavy atom. The Balaban J connectivity index is 0.824. The number of hydrogen-bond acceptors (Lipinski definition) is 10. The van der Waals surface area contributed by atoms with Crippen LogP contribution in [0.3, 0.4) is 0 Å². The first-order valence-corrected chi connectivity index (χ1v) is 18.4. The van der Waals surface area contributed by atoms with E-state index in [9.17, 15) is 19.2 Å². The van der Waals surface area contributed by atoms with E-state index in [1.807, 2.05) is 18.2 Å². The Morgan fingerprint density at radius 3 is 2.44 bits per heavy atom. The number of aromatic nitrogens is 2. The minimum absolute atomic E-state index is 0.0176. The van der Waals surface area contributed by atoms with Crippen molar-refractivity contribution in [2.45, 2.75) is 94.7 Å². The number of likely N-dealkylation sites (tertiary alicyclic amines) is 1. The van der Waals surface area contributed by atoms with Crippen LogP contribution in [0.2, 0.25) is 5.02 Å². The van der Waals surface area contributed by atoms with Crippen LogP contribution in [0, 0.1) is 11.3 Å². The Labute approximate surface area is 306 Å². The molecule has 2 bridgehead atoms. The van der Waals surface area contributed by atoms with Gasteiger partial charge in [-0.05, 0) is 86.4 Å². The summed E-state index contributed by atoms with van der Waals surface area (Å²) in [6, 6.07) is 16.7. The molecule has 0 spiro atoms. The van der Waals surface area contributed by atoms with Gasteiger partial charge in [0.15, 0.2) is 11.5 Å². The number of carbonyl (C=O) groups excluding carboxylic acids is 4. The molecule has 13 nitrogen and oxygen atoms in total. The Morgan fingerprint density at radius 2 is 1.75 bits per heavy atom. The molecular formula is C38H39ClN8O5. The third-order valence-electron chi connectivity index (χ3n) is 11.1. The number of nitrogens with one attached hydrogen (secondary N) is 2. The first kappa shape index (κ1) is 34.0. The molecule has 8 rings (SSSR count). The van der Waals surface area contributed by atoms with E-state index < -0.39 is 11.9 Å². The SMILES string of the molecule is N#Cc1ccc(OC2CCC(NC(=O)c3ccc(N4C5CCC4CN(Cc4ccc6c(c4)CN(C4CCC(=O)NC4=O)C6=O)C5)nn3)CC2)cc1Cl. The standard InChI is InChI=1S/C38H39ClN8O5/c39-31-16-29(7-2-23(31)17-40)52-28-8-3-25(4-9-28)41-36(49)32-11-13-34(44-43-32)47-26-5-6-27(47)21-45(20-26)18-22-1-10-30-24(15-22)19-46(38(30)51)33-12-14-35(48)42-37(33)50/h1-2,7,10-11,13,15-16,25-28,33H,3-6,8-9,12,14,18-21H2,(H,41,49)(H,42,48,50). The summed E-state index contributed by atoms with van der Waals surface area (Å²) in [5.74, 6) is 0.344. The number of rotatable bonds is 8. The minimum Gasteiger partial charge on any atom is -0.490 e. The van der Waals surface area contributed by atoms with Crippen molar-refractivity contribution in [3.8, 4) is 11.8 Å². The third kappa shape index (κ3) is 6.80. The van der Waals surface area contributed by atoms with E-state index in [0.717, 1.165) is 75.1 Å².